The number of carboxylic acids is 1. The van der Waals surface area contributed by atoms with Gasteiger partial charge < -0.3 is 20.1 Å². The number of aliphatic carboxylic acids is 1. The van der Waals surface area contributed by atoms with Crippen LogP contribution in [0, 0.1) is 0 Å². The molecular weight excluding hydrogens is 430 g/mol. The maximum absolute atomic E-state index is 12.0. The van der Waals surface area contributed by atoms with Crippen LogP contribution in [0.3, 0.4) is 0 Å². The molecule has 172 valence electrons. The molecule has 0 radical (unpaired) electrons. The number of benzene rings is 3. The standard InChI is InChI=1S/C27H25N3O4/c1-30(2)27(33)34-21-12-9-18(10-13-21)16-25(26(31)32)29-24-8-5-6-19-17-20(11-14-22(19)24)23-7-3-4-15-28-23/h3-15,17,25,29H,16H2,1-2H3,(H,31,32)/t25-/m0/s1. The van der Waals surface area contributed by atoms with Gasteiger partial charge in [0.15, 0.2) is 0 Å². The number of nitrogens with one attached hydrogen (secondary N) is 1. The number of pyridine rings is 1. The minimum Gasteiger partial charge on any atom is -0.480 e. The molecule has 0 aliphatic carbocycles. The molecule has 34 heavy (non-hydrogen) atoms. The summed E-state index contributed by atoms with van der Waals surface area (Å²) in [5, 5.41) is 15.0. The van der Waals surface area contributed by atoms with Crippen molar-refractivity contribution in [3.05, 3.63) is 90.6 Å². The number of hydrogen-bond acceptors (Lipinski definition) is 5. The molecule has 1 heterocycles. The number of nitrogens with zero attached hydrogens (tertiary/aromatic N) is 2. The van der Waals surface area contributed by atoms with Crippen LogP contribution < -0.4 is 10.1 Å². The van der Waals surface area contributed by atoms with E-state index in [0.29, 0.717) is 5.75 Å². The van der Waals surface area contributed by atoms with Gasteiger partial charge in [-0.05, 0) is 47.3 Å². The first-order valence-electron chi connectivity index (χ1n) is 10.8. The molecule has 2 N–H and O–H groups in total. The Bertz CT molecular complexity index is 1300. The van der Waals surface area contributed by atoms with E-state index in [-0.39, 0.29) is 6.42 Å². The Hall–Kier alpha value is -4.39. The van der Waals surface area contributed by atoms with Crippen molar-refractivity contribution in [1.82, 2.24) is 9.88 Å². The number of amides is 1. The fourth-order valence-corrected chi connectivity index (χ4v) is 3.61. The molecule has 0 unspecified atom stereocenters. The molecular formula is C27H25N3O4. The first-order chi connectivity index (χ1) is 16.4. The lowest BCUT2D eigenvalue weighted by Crippen LogP contribution is -2.31. The van der Waals surface area contributed by atoms with Crippen LogP contribution in [0.1, 0.15) is 5.56 Å². The van der Waals surface area contributed by atoms with Crippen molar-refractivity contribution >= 4 is 28.5 Å². The largest absolute Gasteiger partial charge is 0.480 e. The van der Waals surface area contributed by atoms with Crippen LogP contribution in [0.2, 0.25) is 0 Å². The van der Waals surface area contributed by atoms with E-state index in [2.05, 4.69) is 10.3 Å². The van der Waals surface area contributed by atoms with Gasteiger partial charge in [-0.3, -0.25) is 4.98 Å². The number of ether oxygens (including phenoxy) is 1. The molecule has 4 rings (SSSR count). The van der Waals surface area contributed by atoms with Gasteiger partial charge in [0.05, 0.1) is 5.69 Å². The van der Waals surface area contributed by atoms with Gasteiger partial charge in [0, 0.05) is 43.4 Å². The quantitative estimate of drug-likeness (QED) is 0.404. The van der Waals surface area contributed by atoms with Crippen molar-refractivity contribution in [2.75, 3.05) is 19.4 Å². The number of anilines is 1. The number of carbonyl (C=O) groups is 2. The molecule has 0 bridgehead atoms. The average Bonchev–Trinajstić information content (AvgIpc) is 2.85. The zero-order valence-corrected chi connectivity index (χ0v) is 18.9. The Labute approximate surface area is 197 Å². The van der Waals surface area contributed by atoms with Crippen molar-refractivity contribution < 1.29 is 19.4 Å². The lowest BCUT2D eigenvalue weighted by Gasteiger charge is -2.18. The summed E-state index contributed by atoms with van der Waals surface area (Å²) in [7, 11) is 3.21. The number of rotatable bonds is 7. The maximum atomic E-state index is 12.0. The predicted octanol–water partition coefficient (Wildman–Crippen LogP) is 5.07. The van der Waals surface area contributed by atoms with Crippen LogP contribution in [0.4, 0.5) is 10.5 Å². The first-order valence-corrected chi connectivity index (χ1v) is 10.8. The monoisotopic (exact) mass is 455 g/mol. The molecule has 1 amide bonds. The average molecular weight is 456 g/mol. The molecule has 4 aromatic rings. The molecule has 0 saturated heterocycles. The fourth-order valence-electron chi connectivity index (χ4n) is 3.61. The highest BCUT2D eigenvalue weighted by molar-refractivity contribution is 5.97. The van der Waals surface area contributed by atoms with Gasteiger partial charge in [-0.15, -0.1) is 0 Å². The van der Waals surface area contributed by atoms with E-state index in [4.69, 9.17) is 4.74 Å². The normalized spacial score (nSPS) is 11.6. The van der Waals surface area contributed by atoms with E-state index >= 15 is 0 Å². The summed E-state index contributed by atoms with van der Waals surface area (Å²) in [5.41, 5.74) is 3.43. The van der Waals surface area contributed by atoms with Crippen LogP contribution >= 0.6 is 0 Å². The molecule has 0 aliphatic heterocycles. The van der Waals surface area contributed by atoms with Crippen LogP contribution in [0.15, 0.2) is 85.1 Å². The summed E-state index contributed by atoms with van der Waals surface area (Å²) in [6.07, 6.45) is 1.55. The lowest BCUT2D eigenvalue weighted by atomic mass is 10.0. The van der Waals surface area contributed by atoms with Crippen molar-refractivity contribution in [2.45, 2.75) is 12.5 Å². The van der Waals surface area contributed by atoms with Crippen molar-refractivity contribution in [3.63, 3.8) is 0 Å². The van der Waals surface area contributed by atoms with E-state index in [0.717, 1.165) is 33.3 Å². The Kier molecular flexibility index (Phi) is 6.73. The van der Waals surface area contributed by atoms with Crippen molar-refractivity contribution in [1.29, 1.82) is 0 Å². The van der Waals surface area contributed by atoms with Crippen LogP contribution in [0.25, 0.3) is 22.0 Å². The predicted molar refractivity (Wildman–Crippen MR) is 132 cm³/mol. The number of carbonyl (C=O) groups excluding carboxylic acids is 1. The Morgan fingerprint density at radius 1 is 1.00 bits per heavy atom. The third-order valence-electron chi connectivity index (χ3n) is 5.40. The highest BCUT2D eigenvalue weighted by Gasteiger charge is 2.19. The Balaban J connectivity index is 1.53. The van der Waals surface area contributed by atoms with E-state index < -0.39 is 18.1 Å². The zero-order chi connectivity index (χ0) is 24.1. The smallest absolute Gasteiger partial charge is 0.414 e. The minimum absolute atomic E-state index is 0.264. The highest BCUT2D eigenvalue weighted by atomic mass is 16.6. The summed E-state index contributed by atoms with van der Waals surface area (Å²) in [6, 6.07) is 23.6. The first kappa shape index (κ1) is 22.8. The zero-order valence-electron chi connectivity index (χ0n) is 18.9. The van der Waals surface area contributed by atoms with Gasteiger partial charge >= 0.3 is 12.1 Å². The van der Waals surface area contributed by atoms with E-state index in [1.54, 1.807) is 44.6 Å². The molecule has 0 aliphatic rings. The molecule has 3 aromatic carbocycles. The van der Waals surface area contributed by atoms with Gasteiger partial charge in [-0.1, -0.05) is 42.5 Å². The Morgan fingerprint density at radius 2 is 1.79 bits per heavy atom. The van der Waals surface area contributed by atoms with E-state index in [1.807, 2.05) is 54.6 Å². The number of aromatic nitrogens is 1. The summed E-state index contributed by atoms with van der Waals surface area (Å²) in [6.45, 7) is 0. The summed E-state index contributed by atoms with van der Waals surface area (Å²) in [5.74, 6) is -0.551. The van der Waals surface area contributed by atoms with E-state index in [1.165, 1.54) is 4.90 Å². The third kappa shape index (κ3) is 5.32. The highest BCUT2D eigenvalue weighted by Crippen LogP contribution is 2.29. The summed E-state index contributed by atoms with van der Waals surface area (Å²) in [4.78, 5) is 29.5. The molecule has 0 spiro atoms. The van der Waals surface area contributed by atoms with Gasteiger partial charge in [-0.2, -0.15) is 0 Å². The van der Waals surface area contributed by atoms with Gasteiger partial charge in [0.2, 0.25) is 0 Å². The topological polar surface area (TPSA) is 91.8 Å². The van der Waals surface area contributed by atoms with Gasteiger partial charge in [0.25, 0.3) is 0 Å². The van der Waals surface area contributed by atoms with Crippen LogP contribution in [-0.4, -0.2) is 47.2 Å². The third-order valence-corrected chi connectivity index (χ3v) is 5.40. The van der Waals surface area contributed by atoms with Crippen LogP contribution in [-0.2, 0) is 11.2 Å². The molecule has 0 fully saturated rings. The lowest BCUT2D eigenvalue weighted by molar-refractivity contribution is -0.137. The van der Waals surface area contributed by atoms with Crippen molar-refractivity contribution in [2.24, 2.45) is 0 Å². The molecule has 1 aromatic heterocycles. The summed E-state index contributed by atoms with van der Waals surface area (Å²) >= 11 is 0. The van der Waals surface area contributed by atoms with Crippen LogP contribution in [0.5, 0.6) is 5.75 Å². The second-order valence-electron chi connectivity index (χ2n) is 8.10. The minimum atomic E-state index is -0.953. The molecule has 7 heteroatoms. The second kappa shape index (κ2) is 10.0. The molecule has 0 saturated carbocycles. The fraction of sp³-hybridized carbons (Fsp3) is 0.148. The SMILES string of the molecule is CN(C)C(=O)Oc1ccc(C[C@H](Nc2cccc3cc(-c4ccccn4)ccc23)C(=O)O)cc1. The molecule has 7 nitrogen and oxygen atoms in total. The molecule has 1 atom stereocenters. The van der Waals surface area contributed by atoms with Gasteiger partial charge in [0.1, 0.15) is 11.8 Å². The summed E-state index contributed by atoms with van der Waals surface area (Å²) < 4.78 is 5.22. The maximum Gasteiger partial charge on any atom is 0.414 e. The number of carboxylic acid groups (broad SMARTS) is 1. The Morgan fingerprint density at radius 3 is 2.47 bits per heavy atom. The second-order valence-corrected chi connectivity index (χ2v) is 8.10. The number of fused-ring (bicyclic) bond motifs is 1. The van der Waals surface area contributed by atoms with Gasteiger partial charge in [-0.25, -0.2) is 9.59 Å². The van der Waals surface area contributed by atoms with E-state index in [9.17, 15) is 14.7 Å². The number of hydrogen-bond donors (Lipinski definition) is 2. The van der Waals surface area contributed by atoms with Crippen molar-refractivity contribution in [3.8, 4) is 17.0 Å².